The molecule has 3 heterocycles. The standard InChI is InChI=1S/C16H17N3O2S3/c20-24(21,15-9-4-6-12-16(15)18-23-17-12)19-10-3-1-2-7-13(19)14-8-5-11-22-14/h4-6,8-9,11,13H,1-3,7,10H2/t13-/m0/s1. The molecule has 4 rings (SSSR count). The van der Waals surface area contributed by atoms with Crippen LogP contribution in [-0.4, -0.2) is 28.0 Å². The predicted molar refractivity (Wildman–Crippen MR) is 96.8 cm³/mol. The van der Waals surface area contributed by atoms with E-state index in [1.807, 2.05) is 17.5 Å². The zero-order valence-corrected chi connectivity index (χ0v) is 15.4. The zero-order valence-electron chi connectivity index (χ0n) is 13.0. The first-order valence-electron chi connectivity index (χ1n) is 7.94. The summed E-state index contributed by atoms with van der Waals surface area (Å²) in [5.41, 5.74) is 1.13. The van der Waals surface area contributed by atoms with Crippen molar-refractivity contribution in [1.29, 1.82) is 0 Å². The Balaban J connectivity index is 1.82. The summed E-state index contributed by atoms with van der Waals surface area (Å²) in [5, 5.41) is 2.01. The highest BCUT2D eigenvalue weighted by atomic mass is 32.2. The molecule has 8 heteroatoms. The Morgan fingerprint density at radius 1 is 1.08 bits per heavy atom. The maximum Gasteiger partial charge on any atom is 0.245 e. The Morgan fingerprint density at radius 3 is 2.83 bits per heavy atom. The van der Waals surface area contributed by atoms with Crippen LogP contribution in [0.1, 0.15) is 36.6 Å². The Kier molecular flexibility index (Phi) is 4.38. The van der Waals surface area contributed by atoms with Gasteiger partial charge in [0, 0.05) is 11.4 Å². The van der Waals surface area contributed by atoms with Gasteiger partial charge in [-0.05, 0) is 36.4 Å². The molecule has 1 aliphatic heterocycles. The molecule has 1 aliphatic rings. The molecule has 126 valence electrons. The fourth-order valence-electron chi connectivity index (χ4n) is 3.25. The second-order valence-corrected chi connectivity index (χ2v) is 9.25. The van der Waals surface area contributed by atoms with E-state index >= 15 is 0 Å². The number of thiophene rings is 1. The highest BCUT2D eigenvalue weighted by Crippen LogP contribution is 2.37. The SMILES string of the molecule is O=S(=O)(c1cccc2nsnc12)N1CCCCC[C@H]1c1cccs1. The van der Waals surface area contributed by atoms with Crippen LogP contribution >= 0.6 is 23.1 Å². The smallest absolute Gasteiger partial charge is 0.207 e. The second-order valence-electron chi connectivity index (χ2n) is 5.88. The van der Waals surface area contributed by atoms with Crippen molar-refractivity contribution in [2.45, 2.75) is 36.6 Å². The Morgan fingerprint density at radius 2 is 2.00 bits per heavy atom. The van der Waals surface area contributed by atoms with Crippen molar-refractivity contribution in [1.82, 2.24) is 13.1 Å². The molecule has 0 unspecified atom stereocenters. The molecule has 0 bridgehead atoms. The van der Waals surface area contributed by atoms with Gasteiger partial charge in [-0.3, -0.25) is 0 Å². The van der Waals surface area contributed by atoms with E-state index < -0.39 is 10.0 Å². The van der Waals surface area contributed by atoms with Gasteiger partial charge >= 0.3 is 0 Å². The Bertz CT molecular complexity index is 935. The van der Waals surface area contributed by atoms with Crippen LogP contribution in [0.3, 0.4) is 0 Å². The zero-order chi connectivity index (χ0) is 16.6. The molecule has 1 fully saturated rings. The molecule has 3 aromatic rings. The number of hydrogen-bond acceptors (Lipinski definition) is 6. The van der Waals surface area contributed by atoms with E-state index in [4.69, 9.17) is 0 Å². The van der Waals surface area contributed by atoms with E-state index in [0.29, 0.717) is 17.6 Å². The number of sulfonamides is 1. The third kappa shape index (κ3) is 2.77. The van der Waals surface area contributed by atoms with Gasteiger partial charge in [0.15, 0.2) is 0 Å². The minimum atomic E-state index is -3.61. The van der Waals surface area contributed by atoms with Gasteiger partial charge in [0.1, 0.15) is 15.9 Å². The minimum absolute atomic E-state index is 0.0839. The molecule has 0 radical (unpaired) electrons. The molecule has 0 spiro atoms. The summed E-state index contributed by atoms with van der Waals surface area (Å²) in [5.74, 6) is 0. The van der Waals surface area contributed by atoms with Gasteiger partial charge in [0.25, 0.3) is 0 Å². The van der Waals surface area contributed by atoms with Crippen LogP contribution in [0.5, 0.6) is 0 Å². The van der Waals surface area contributed by atoms with E-state index in [2.05, 4.69) is 8.75 Å². The fraction of sp³-hybridized carbons (Fsp3) is 0.375. The van der Waals surface area contributed by atoms with Crippen molar-refractivity contribution < 1.29 is 8.42 Å². The van der Waals surface area contributed by atoms with Crippen molar-refractivity contribution >= 4 is 44.1 Å². The van der Waals surface area contributed by atoms with E-state index in [1.54, 1.807) is 33.8 Å². The lowest BCUT2D eigenvalue weighted by Gasteiger charge is -2.28. The summed E-state index contributed by atoms with van der Waals surface area (Å²) < 4.78 is 36.9. The quantitative estimate of drug-likeness (QED) is 0.688. The highest BCUT2D eigenvalue weighted by Gasteiger charge is 2.35. The lowest BCUT2D eigenvalue weighted by molar-refractivity contribution is 0.333. The first kappa shape index (κ1) is 16.1. The average Bonchev–Trinajstić information content (AvgIpc) is 3.21. The normalized spacial score (nSPS) is 20.2. The summed E-state index contributed by atoms with van der Waals surface area (Å²) in [6.45, 7) is 0.554. The molecule has 1 saturated heterocycles. The molecule has 0 N–H and O–H groups in total. The van der Waals surface area contributed by atoms with Crippen molar-refractivity contribution in [2.24, 2.45) is 0 Å². The molecule has 1 atom stereocenters. The molecule has 5 nitrogen and oxygen atoms in total. The van der Waals surface area contributed by atoms with E-state index in [1.165, 1.54) is 0 Å². The van der Waals surface area contributed by atoms with Crippen LogP contribution in [0.2, 0.25) is 0 Å². The first-order chi connectivity index (χ1) is 11.7. The summed E-state index contributed by atoms with van der Waals surface area (Å²) in [6.07, 6.45) is 3.88. The molecule has 0 aliphatic carbocycles. The van der Waals surface area contributed by atoms with Crippen LogP contribution in [0, 0.1) is 0 Å². The van der Waals surface area contributed by atoms with Crippen molar-refractivity contribution in [3.8, 4) is 0 Å². The van der Waals surface area contributed by atoms with Crippen molar-refractivity contribution in [2.75, 3.05) is 6.54 Å². The molecular weight excluding hydrogens is 362 g/mol. The number of nitrogens with zero attached hydrogens (tertiary/aromatic N) is 3. The van der Waals surface area contributed by atoms with Crippen molar-refractivity contribution in [3.05, 3.63) is 40.6 Å². The van der Waals surface area contributed by atoms with Crippen LogP contribution in [0.15, 0.2) is 40.6 Å². The number of rotatable bonds is 3. The van der Waals surface area contributed by atoms with Gasteiger partial charge in [0.2, 0.25) is 10.0 Å². The first-order valence-corrected chi connectivity index (χ1v) is 11.0. The van der Waals surface area contributed by atoms with Gasteiger partial charge in [0.05, 0.1) is 17.8 Å². The third-order valence-corrected chi connectivity index (χ3v) is 7.87. The topological polar surface area (TPSA) is 63.2 Å². The van der Waals surface area contributed by atoms with Crippen LogP contribution < -0.4 is 0 Å². The van der Waals surface area contributed by atoms with E-state index in [9.17, 15) is 8.42 Å². The largest absolute Gasteiger partial charge is 0.245 e. The molecule has 1 aromatic carbocycles. The fourth-order valence-corrected chi connectivity index (χ4v) is 6.62. The van der Waals surface area contributed by atoms with Crippen molar-refractivity contribution in [3.63, 3.8) is 0 Å². The van der Waals surface area contributed by atoms with E-state index in [0.717, 1.165) is 42.3 Å². The number of hydrogen-bond donors (Lipinski definition) is 0. The summed E-state index contributed by atoms with van der Waals surface area (Å²) in [6, 6.07) is 9.13. The molecule has 0 amide bonds. The number of aromatic nitrogens is 2. The number of fused-ring (bicyclic) bond motifs is 1. The Labute approximate surface area is 149 Å². The molecule has 0 saturated carbocycles. The predicted octanol–water partition coefficient (Wildman–Crippen LogP) is 4.06. The third-order valence-electron chi connectivity index (χ3n) is 4.41. The van der Waals surface area contributed by atoms with E-state index in [-0.39, 0.29) is 10.9 Å². The van der Waals surface area contributed by atoms with Gasteiger partial charge in [-0.25, -0.2) is 8.42 Å². The lowest BCUT2D eigenvalue weighted by atomic mass is 10.1. The molecular formula is C16H17N3O2S3. The summed E-state index contributed by atoms with van der Waals surface area (Å²) in [4.78, 5) is 1.39. The van der Waals surface area contributed by atoms with Gasteiger partial charge in [-0.2, -0.15) is 13.1 Å². The van der Waals surface area contributed by atoms with Crippen LogP contribution in [0.25, 0.3) is 11.0 Å². The van der Waals surface area contributed by atoms with Gasteiger partial charge in [-0.15, -0.1) is 11.3 Å². The van der Waals surface area contributed by atoms with Gasteiger partial charge < -0.3 is 0 Å². The molecule has 24 heavy (non-hydrogen) atoms. The summed E-state index contributed by atoms with van der Waals surface area (Å²) >= 11 is 2.68. The Hall–Kier alpha value is -1.35. The lowest BCUT2D eigenvalue weighted by Crippen LogP contribution is -2.34. The highest BCUT2D eigenvalue weighted by molar-refractivity contribution is 7.89. The van der Waals surface area contributed by atoms with Gasteiger partial charge in [-0.1, -0.05) is 25.0 Å². The number of benzene rings is 1. The van der Waals surface area contributed by atoms with Crippen LogP contribution in [0.4, 0.5) is 0 Å². The average molecular weight is 380 g/mol. The second kappa shape index (κ2) is 6.51. The maximum atomic E-state index is 13.4. The minimum Gasteiger partial charge on any atom is -0.207 e. The monoisotopic (exact) mass is 379 g/mol. The maximum absolute atomic E-state index is 13.4. The summed E-state index contributed by atoms with van der Waals surface area (Å²) in [7, 11) is -3.61. The van der Waals surface area contributed by atoms with Crippen LogP contribution in [-0.2, 0) is 10.0 Å². The molecule has 2 aromatic heterocycles.